The van der Waals surface area contributed by atoms with Crippen LogP contribution in [-0.2, 0) is 0 Å². The molecule has 2 atom stereocenters. The summed E-state index contributed by atoms with van der Waals surface area (Å²) in [6.07, 6.45) is 25.8. The average Bonchev–Trinajstić information content (AvgIpc) is 2.61. The monoisotopic (exact) mass is 362 g/mol. The zero-order chi connectivity index (χ0) is 20.2. The lowest BCUT2D eigenvalue weighted by Crippen LogP contribution is -2.18. The molecule has 0 aliphatic carbocycles. The second-order valence-electron chi connectivity index (χ2n) is 7.03. The highest BCUT2D eigenvalue weighted by atomic mass is 15.2. The number of allylic oxidation sites excluding steroid dienone is 11. The molecule has 0 aromatic carbocycles. The Labute approximate surface area is 166 Å². The molecule has 0 N–H and O–H groups in total. The van der Waals surface area contributed by atoms with Crippen LogP contribution in [0.5, 0.6) is 0 Å². The van der Waals surface area contributed by atoms with Crippen LogP contribution in [0.2, 0.25) is 0 Å². The van der Waals surface area contributed by atoms with Crippen LogP contribution in [0.25, 0.3) is 0 Å². The van der Waals surface area contributed by atoms with Crippen molar-refractivity contribution in [2.75, 3.05) is 14.1 Å². The zero-order valence-electron chi connectivity index (χ0n) is 17.3. The Kier molecular flexibility index (Phi) is 9.74. The van der Waals surface area contributed by atoms with Crippen LogP contribution in [0, 0.1) is 11.8 Å². The van der Waals surface area contributed by atoms with Crippen LogP contribution >= 0.6 is 0 Å². The second kappa shape index (κ2) is 11.8. The van der Waals surface area contributed by atoms with Gasteiger partial charge in [0.25, 0.3) is 0 Å². The van der Waals surface area contributed by atoms with Gasteiger partial charge >= 0.3 is 0 Å². The third-order valence-corrected chi connectivity index (χ3v) is 4.04. The molecule has 2 heteroatoms. The molecule has 1 heterocycles. The Morgan fingerprint density at radius 3 is 2.44 bits per heavy atom. The number of rotatable bonds is 4. The molecule has 2 unspecified atom stereocenters. The van der Waals surface area contributed by atoms with Crippen molar-refractivity contribution >= 4 is 0 Å². The number of hydrogen-bond acceptors (Lipinski definition) is 2. The van der Waals surface area contributed by atoms with E-state index in [1.54, 1.807) is 6.08 Å². The van der Waals surface area contributed by atoms with E-state index in [0.717, 1.165) is 23.5 Å². The number of nitrogens with zero attached hydrogens (tertiary/aromatic N) is 2. The van der Waals surface area contributed by atoms with E-state index in [-0.39, 0.29) is 0 Å². The van der Waals surface area contributed by atoms with Crippen molar-refractivity contribution in [1.29, 1.82) is 0 Å². The minimum Gasteiger partial charge on any atom is -0.383 e. The summed E-state index contributed by atoms with van der Waals surface area (Å²) in [5.74, 6) is 0.862. The first-order valence-corrected chi connectivity index (χ1v) is 9.40. The maximum atomic E-state index is 4.28. The molecule has 144 valence electrons. The van der Waals surface area contributed by atoms with Gasteiger partial charge in [0.2, 0.25) is 0 Å². The molecule has 1 aliphatic rings. The van der Waals surface area contributed by atoms with Gasteiger partial charge in [-0.1, -0.05) is 76.1 Å². The van der Waals surface area contributed by atoms with Gasteiger partial charge in [-0.3, -0.25) is 0 Å². The molecule has 0 amide bonds. The van der Waals surface area contributed by atoms with Crippen LogP contribution in [0.1, 0.15) is 20.3 Å². The first kappa shape index (κ1) is 22.3. The summed E-state index contributed by atoms with van der Waals surface area (Å²) >= 11 is 0. The highest BCUT2D eigenvalue weighted by Crippen LogP contribution is 2.23. The Balaban J connectivity index is 3.31. The zero-order valence-corrected chi connectivity index (χ0v) is 17.3. The Hall–Kier alpha value is -2.74. The maximum absolute atomic E-state index is 4.28. The molecule has 0 fully saturated rings. The van der Waals surface area contributed by atoms with Crippen molar-refractivity contribution in [2.24, 2.45) is 11.8 Å². The van der Waals surface area contributed by atoms with Gasteiger partial charge in [-0.25, -0.2) is 0 Å². The van der Waals surface area contributed by atoms with E-state index in [1.165, 1.54) is 0 Å². The first-order valence-electron chi connectivity index (χ1n) is 9.40. The standard InChI is InChI=1S/C25H34N2/c1-8-12-25(19-20-26(6)7)27-23(4)14-11-9-10-13-21(2)15-16-22(3)17-18-24(27)5/h8-12,14-22H,1,4-5,13H2,2-3,6-7H3/b10-9-,14-11-,16-15-,18-17-,20-19-,25-12+. The van der Waals surface area contributed by atoms with Crippen LogP contribution in [0.3, 0.4) is 0 Å². The molecule has 0 saturated heterocycles. The van der Waals surface area contributed by atoms with E-state index < -0.39 is 0 Å². The van der Waals surface area contributed by atoms with E-state index in [0.29, 0.717) is 11.8 Å². The molecule has 0 saturated carbocycles. The van der Waals surface area contributed by atoms with E-state index >= 15 is 0 Å². The predicted molar refractivity (Wildman–Crippen MR) is 121 cm³/mol. The van der Waals surface area contributed by atoms with Gasteiger partial charge in [-0.2, -0.15) is 0 Å². The van der Waals surface area contributed by atoms with Gasteiger partial charge in [0.15, 0.2) is 0 Å². The average molecular weight is 363 g/mol. The van der Waals surface area contributed by atoms with Gasteiger partial charge in [-0.05, 0) is 42.6 Å². The lowest BCUT2D eigenvalue weighted by Gasteiger charge is -2.27. The predicted octanol–water partition coefficient (Wildman–Crippen LogP) is 6.36. The summed E-state index contributed by atoms with van der Waals surface area (Å²) in [6, 6.07) is 0. The van der Waals surface area contributed by atoms with Gasteiger partial charge in [-0.15, -0.1) is 0 Å². The van der Waals surface area contributed by atoms with E-state index in [2.05, 4.69) is 70.0 Å². The molecule has 2 nitrogen and oxygen atoms in total. The van der Waals surface area contributed by atoms with E-state index in [1.807, 2.05) is 54.4 Å². The van der Waals surface area contributed by atoms with Gasteiger partial charge in [0.1, 0.15) is 0 Å². The molecule has 0 spiro atoms. The van der Waals surface area contributed by atoms with Gasteiger partial charge in [0.05, 0.1) is 0 Å². The fourth-order valence-electron chi connectivity index (χ4n) is 2.52. The summed E-state index contributed by atoms with van der Waals surface area (Å²) in [5.41, 5.74) is 2.66. The highest BCUT2D eigenvalue weighted by Gasteiger charge is 2.11. The van der Waals surface area contributed by atoms with Gasteiger partial charge < -0.3 is 9.80 Å². The quantitative estimate of drug-likeness (QED) is 0.424. The van der Waals surface area contributed by atoms with Crippen LogP contribution in [0.15, 0.2) is 110 Å². The SMILES string of the molecule is C=C/C=C(\C=C/N(C)C)N1C(=C)/C=C\C=C/CC(C)/C=C\C(C)/C=C\C1=C. The van der Waals surface area contributed by atoms with Crippen LogP contribution in [0.4, 0.5) is 0 Å². The molecule has 1 rings (SSSR count). The van der Waals surface area contributed by atoms with Gasteiger partial charge in [0, 0.05) is 37.4 Å². The molecular formula is C25H34N2. The minimum absolute atomic E-state index is 0.339. The fraction of sp³-hybridized carbons (Fsp3) is 0.280. The Bertz CT molecular complexity index is 696. The van der Waals surface area contributed by atoms with Crippen molar-refractivity contribution in [3.63, 3.8) is 0 Å². The Morgan fingerprint density at radius 1 is 1.07 bits per heavy atom. The second-order valence-corrected chi connectivity index (χ2v) is 7.03. The Morgan fingerprint density at radius 2 is 1.78 bits per heavy atom. The van der Waals surface area contributed by atoms with E-state index in [9.17, 15) is 0 Å². The van der Waals surface area contributed by atoms with Crippen molar-refractivity contribution in [3.05, 3.63) is 110 Å². The van der Waals surface area contributed by atoms with Crippen molar-refractivity contribution in [3.8, 4) is 0 Å². The summed E-state index contributed by atoms with van der Waals surface area (Å²) < 4.78 is 0. The maximum Gasteiger partial charge on any atom is 0.0475 e. The molecular weight excluding hydrogens is 328 g/mol. The van der Waals surface area contributed by atoms with Crippen LogP contribution in [-0.4, -0.2) is 23.9 Å². The third kappa shape index (κ3) is 8.46. The van der Waals surface area contributed by atoms with Crippen molar-refractivity contribution < 1.29 is 0 Å². The minimum atomic E-state index is 0.339. The smallest absolute Gasteiger partial charge is 0.0475 e. The first-order chi connectivity index (χ1) is 12.8. The molecule has 0 aromatic rings. The molecule has 0 bridgehead atoms. The largest absolute Gasteiger partial charge is 0.383 e. The molecule has 0 radical (unpaired) electrons. The highest BCUT2D eigenvalue weighted by molar-refractivity contribution is 5.38. The lowest BCUT2D eigenvalue weighted by molar-refractivity contribution is 0.549. The summed E-state index contributed by atoms with van der Waals surface area (Å²) in [6.45, 7) is 16.8. The van der Waals surface area contributed by atoms with Crippen molar-refractivity contribution in [2.45, 2.75) is 20.3 Å². The van der Waals surface area contributed by atoms with Crippen molar-refractivity contribution in [1.82, 2.24) is 9.80 Å². The number of hydrogen-bond donors (Lipinski definition) is 0. The third-order valence-electron chi connectivity index (χ3n) is 4.04. The molecule has 0 aromatic heterocycles. The topological polar surface area (TPSA) is 6.48 Å². The normalized spacial score (nSPS) is 27.1. The lowest BCUT2D eigenvalue weighted by atomic mass is 10.0. The molecule has 27 heavy (non-hydrogen) atoms. The van der Waals surface area contributed by atoms with Crippen LogP contribution < -0.4 is 0 Å². The molecule has 1 aliphatic heterocycles. The van der Waals surface area contributed by atoms with E-state index in [4.69, 9.17) is 0 Å². The summed E-state index contributed by atoms with van der Waals surface area (Å²) in [5, 5.41) is 0. The summed E-state index contributed by atoms with van der Waals surface area (Å²) in [4.78, 5) is 4.03. The fourth-order valence-corrected chi connectivity index (χ4v) is 2.52. The summed E-state index contributed by atoms with van der Waals surface area (Å²) in [7, 11) is 3.99.